The fourth-order valence-electron chi connectivity index (χ4n) is 0. The molecule has 3 N–H and O–H groups in total. The molecule has 0 aliphatic rings. The molecule has 0 aliphatic carbocycles. The summed E-state index contributed by atoms with van der Waals surface area (Å²) in [7, 11) is 0. The summed E-state index contributed by atoms with van der Waals surface area (Å²) in [6.07, 6.45) is 0. The van der Waals surface area contributed by atoms with Crippen LogP contribution in [-0.2, 0) is 21.1 Å². The standard InChI is InChI=1S/C3H9NO.Pt/c1-3(2,4)5;/h5H,4H2,1-2H3;. The Morgan fingerprint density at radius 3 is 1.50 bits per heavy atom. The summed E-state index contributed by atoms with van der Waals surface area (Å²) in [5.41, 5.74) is 3.91. The topological polar surface area (TPSA) is 46.2 Å². The summed E-state index contributed by atoms with van der Waals surface area (Å²) in [5, 5.41) is 8.30. The molecular formula is C3H9NOPt. The fourth-order valence-corrected chi connectivity index (χ4v) is 0. The predicted molar refractivity (Wildman–Crippen MR) is 20.5 cm³/mol. The van der Waals surface area contributed by atoms with Crippen molar-refractivity contribution in [3.05, 3.63) is 0 Å². The van der Waals surface area contributed by atoms with Crippen LogP contribution < -0.4 is 5.73 Å². The number of rotatable bonds is 0. The normalized spacial score (nSPS) is 10.0. The van der Waals surface area contributed by atoms with Crippen LogP contribution >= 0.6 is 0 Å². The van der Waals surface area contributed by atoms with Gasteiger partial charge in [-0.25, -0.2) is 0 Å². The molecule has 3 heteroatoms. The Hall–Kier alpha value is 0.608. The average Bonchev–Trinajstić information content (AvgIpc) is 0.722. The molecule has 0 spiro atoms. The maximum atomic E-state index is 8.30. The van der Waals surface area contributed by atoms with Crippen LogP contribution in [0.15, 0.2) is 0 Å². The van der Waals surface area contributed by atoms with Gasteiger partial charge in [0.1, 0.15) is 5.72 Å². The molecule has 0 aromatic carbocycles. The molecule has 2 nitrogen and oxygen atoms in total. The molecule has 6 heavy (non-hydrogen) atoms. The Balaban J connectivity index is 0. The SMILES string of the molecule is CC(C)(N)O.[Pt]. The molecule has 42 valence electrons. The van der Waals surface area contributed by atoms with Gasteiger partial charge in [-0.15, -0.1) is 0 Å². The Morgan fingerprint density at radius 1 is 1.50 bits per heavy atom. The molecule has 0 aliphatic heterocycles. The monoisotopic (exact) mass is 270 g/mol. The summed E-state index contributed by atoms with van der Waals surface area (Å²) in [6.45, 7) is 3.04. The number of hydrogen-bond acceptors (Lipinski definition) is 2. The van der Waals surface area contributed by atoms with Crippen molar-refractivity contribution in [2.45, 2.75) is 19.6 Å². The van der Waals surface area contributed by atoms with Gasteiger partial charge in [-0.05, 0) is 13.8 Å². The first-order chi connectivity index (χ1) is 2.00. The van der Waals surface area contributed by atoms with Gasteiger partial charge in [0.25, 0.3) is 0 Å². The quantitative estimate of drug-likeness (QED) is 0.592. The third-order valence-corrected chi connectivity index (χ3v) is 0. The van der Waals surface area contributed by atoms with Crippen LogP contribution in [0.3, 0.4) is 0 Å². The molecule has 0 aromatic rings. The molecule has 0 saturated heterocycles. The minimum absolute atomic E-state index is 0. The van der Waals surface area contributed by atoms with Crippen LogP contribution in [0.25, 0.3) is 0 Å². The van der Waals surface area contributed by atoms with Crippen LogP contribution in [0.2, 0.25) is 0 Å². The van der Waals surface area contributed by atoms with Gasteiger partial charge in [0, 0.05) is 21.1 Å². The van der Waals surface area contributed by atoms with E-state index < -0.39 is 5.72 Å². The first-order valence-corrected chi connectivity index (χ1v) is 1.51. The molecule has 0 bridgehead atoms. The smallest absolute Gasteiger partial charge is 0.107 e. The molecular weight excluding hydrogens is 261 g/mol. The molecule has 0 heterocycles. The van der Waals surface area contributed by atoms with Gasteiger partial charge in [-0.3, -0.25) is 0 Å². The Labute approximate surface area is 52.0 Å². The molecule has 0 saturated carbocycles. The van der Waals surface area contributed by atoms with Crippen LogP contribution in [0.1, 0.15) is 13.8 Å². The Morgan fingerprint density at radius 2 is 1.50 bits per heavy atom. The summed E-state index contributed by atoms with van der Waals surface area (Å²) < 4.78 is 0. The minimum atomic E-state index is -1.00. The maximum Gasteiger partial charge on any atom is 0.107 e. The summed E-state index contributed by atoms with van der Waals surface area (Å²) >= 11 is 0. The fraction of sp³-hybridized carbons (Fsp3) is 1.00. The van der Waals surface area contributed by atoms with E-state index in [9.17, 15) is 0 Å². The van der Waals surface area contributed by atoms with E-state index in [0.717, 1.165) is 0 Å². The van der Waals surface area contributed by atoms with Crippen LogP contribution in [0.5, 0.6) is 0 Å². The van der Waals surface area contributed by atoms with Crippen molar-refractivity contribution < 1.29 is 26.2 Å². The van der Waals surface area contributed by atoms with Crippen molar-refractivity contribution in [3.63, 3.8) is 0 Å². The van der Waals surface area contributed by atoms with Gasteiger partial charge in [0.15, 0.2) is 0 Å². The number of aliphatic hydroxyl groups is 1. The van der Waals surface area contributed by atoms with E-state index in [4.69, 9.17) is 10.8 Å². The van der Waals surface area contributed by atoms with E-state index in [1.54, 1.807) is 0 Å². The van der Waals surface area contributed by atoms with E-state index in [1.165, 1.54) is 13.8 Å². The van der Waals surface area contributed by atoms with E-state index in [2.05, 4.69) is 0 Å². The molecule has 0 rings (SSSR count). The van der Waals surface area contributed by atoms with Crippen molar-refractivity contribution in [3.8, 4) is 0 Å². The first-order valence-electron chi connectivity index (χ1n) is 1.51. The van der Waals surface area contributed by atoms with Crippen LogP contribution in [-0.4, -0.2) is 10.8 Å². The zero-order valence-electron chi connectivity index (χ0n) is 3.84. The van der Waals surface area contributed by atoms with Crippen molar-refractivity contribution in [2.75, 3.05) is 0 Å². The third kappa shape index (κ3) is 162. The Kier molecular flexibility index (Phi) is 4.45. The molecule has 0 amide bonds. The number of nitrogens with two attached hydrogens (primary N) is 1. The van der Waals surface area contributed by atoms with Crippen molar-refractivity contribution in [1.82, 2.24) is 0 Å². The minimum Gasteiger partial charge on any atom is -0.377 e. The van der Waals surface area contributed by atoms with Gasteiger partial charge in [-0.1, -0.05) is 0 Å². The predicted octanol–water partition coefficient (Wildman–Crippen LogP) is -0.329. The first kappa shape index (κ1) is 9.79. The van der Waals surface area contributed by atoms with Crippen LogP contribution in [0.4, 0.5) is 0 Å². The van der Waals surface area contributed by atoms with E-state index in [-0.39, 0.29) is 21.1 Å². The Bertz CT molecular complexity index is 26.3. The van der Waals surface area contributed by atoms with Gasteiger partial charge in [0.2, 0.25) is 0 Å². The molecule has 0 aromatic heterocycles. The van der Waals surface area contributed by atoms with Gasteiger partial charge >= 0.3 is 0 Å². The molecule has 0 unspecified atom stereocenters. The molecule has 0 atom stereocenters. The van der Waals surface area contributed by atoms with Gasteiger partial charge in [0.05, 0.1) is 0 Å². The molecule has 0 fully saturated rings. The second-order valence-electron chi connectivity index (χ2n) is 1.65. The van der Waals surface area contributed by atoms with E-state index in [1.807, 2.05) is 0 Å². The average molecular weight is 270 g/mol. The maximum absolute atomic E-state index is 8.30. The molecule has 0 radical (unpaired) electrons. The zero-order valence-corrected chi connectivity index (χ0v) is 6.11. The van der Waals surface area contributed by atoms with Crippen LogP contribution in [0, 0.1) is 0 Å². The van der Waals surface area contributed by atoms with Crippen molar-refractivity contribution in [2.24, 2.45) is 5.73 Å². The van der Waals surface area contributed by atoms with E-state index >= 15 is 0 Å². The summed E-state index contributed by atoms with van der Waals surface area (Å²) in [6, 6.07) is 0. The van der Waals surface area contributed by atoms with Gasteiger partial charge < -0.3 is 10.8 Å². The zero-order chi connectivity index (χ0) is 4.50. The second-order valence-corrected chi connectivity index (χ2v) is 1.65. The summed E-state index contributed by atoms with van der Waals surface area (Å²) in [4.78, 5) is 0. The third-order valence-electron chi connectivity index (χ3n) is 0. The summed E-state index contributed by atoms with van der Waals surface area (Å²) in [5.74, 6) is 0. The largest absolute Gasteiger partial charge is 0.377 e. The van der Waals surface area contributed by atoms with Crippen molar-refractivity contribution in [1.29, 1.82) is 0 Å². The number of hydrogen-bond donors (Lipinski definition) is 2. The second kappa shape index (κ2) is 2.73. The van der Waals surface area contributed by atoms with Gasteiger partial charge in [-0.2, -0.15) is 0 Å². The van der Waals surface area contributed by atoms with E-state index in [0.29, 0.717) is 0 Å². The van der Waals surface area contributed by atoms with Crippen molar-refractivity contribution >= 4 is 0 Å².